The van der Waals surface area contributed by atoms with Crippen molar-refractivity contribution in [3.8, 4) is 0 Å². The Hall–Kier alpha value is -3.09. The monoisotopic (exact) mass is 401 g/mol. The fraction of sp³-hybridized carbons (Fsp3) is 0.292. The van der Waals surface area contributed by atoms with Crippen LogP contribution in [0, 0.1) is 0 Å². The number of carbonyl (C=O) groups excluding carboxylic acids is 1. The molecule has 4 rings (SSSR count). The first-order valence-corrected chi connectivity index (χ1v) is 10.4. The number of hydrogen-bond acceptors (Lipinski definition) is 5. The van der Waals surface area contributed by atoms with Gasteiger partial charge in [-0.15, -0.1) is 0 Å². The molecule has 0 saturated carbocycles. The van der Waals surface area contributed by atoms with Gasteiger partial charge in [0.2, 0.25) is 5.91 Å². The average molecular weight is 402 g/mol. The molecule has 0 unspecified atom stereocenters. The van der Waals surface area contributed by atoms with E-state index >= 15 is 0 Å². The summed E-state index contributed by atoms with van der Waals surface area (Å²) in [4.78, 5) is 26.0. The second kappa shape index (κ2) is 9.61. The van der Waals surface area contributed by atoms with Crippen molar-refractivity contribution >= 4 is 28.7 Å². The topological polar surface area (TPSA) is 61.4 Å². The molecule has 154 valence electrons. The van der Waals surface area contributed by atoms with Crippen molar-refractivity contribution in [1.82, 2.24) is 19.8 Å². The SMILES string of the molecule is CN1CCN(CCc2ccc(NC(=O)/C=C/c3cnc4ccccc4n3)cc2)CC1. The smallest absolute Gasteiger partial charge is 0.248 e. The third kappa shape index (κ3) is 5.49. The molecule has 0 radical (unpaired) electrons. The summed E-state index contributed by atoms with van der Waals surface area (Å²) >= 11 is 0. The van der Waals surface area contributed by atoms with E-state index in [2.05, 4.69) is 44.3 Å². The van der Waals surface area contributed by atoms with E-state index in [4.69, 9.17) is 0 Å². The third-order valence-electron chi connectivity index (χ3n) is 5.41. The minimum absolute atomic E-state index is 0.185. The first-order chi connectivity index (χ1) is 14.7. The number of nitrogens with zero attached hydrogens (tertiary/aromatic N) is 4. The van der Waals surface area contributed by atoms with Crippen LogP contribution in [0.25, 0.3) is 17.1 Å². The molecule has 1 fully saturated rings. The number of anilines is 1. The molecule has 0 bridgehead atoms. The largest absolute Gasteiger partial charge is 0.323 e. The molecule has 1 amide bonds. The molecule has 2 heterocycles. The second-order valence-corrected chi connectivity index (χ2v) is 7.70. The van der Waals surface area contributed by atoms with Gasteiger partial charge in [-0.25, -0.2) is 4.98 Å². The lowest BCUT2D eigenvalue weighted by atomic mass is 10.1. The number of piperazine rings is 1. The maximum absolute atomic E-state index is 12.2. The van der Waals surface area contributed by atoms with Crippen LogP contribution in [0.3, 0.4) is 0 Å². The van der Waals surface area contributed by atoms with Crippen LogP contribution in [-0.4, -0.2) is 65.4 Å². The highest BCUT2D eigenvalue weighted by Crippen LogP contribution is 2.12. The van der Waals surface area contributed by atoms with Crippen LogP contribution in [0.1, 0.15) is 11.3 Å². The van der Waals surface area contributed by atoms with E-state index in [0.717, 1.165) is 55.9 Å². The molecule has 6 nitrogen and oxygen atoms in total. The van der Waals surface area contributed by atoms with Gasteiger partial charge < -0.3 is 15.1 Å². The van der Waals surface area contributed by atoms with Crippen molar-refractivity contribution in [2.24, 2.45) is 0 Å². The highest BCUT2D eigenvalue weighted by Gasteiger charge is 2.13. The number of fused-ring (bicyclic) bond motifs is 1. The van der Waals surface area contributed by atoms with Crippen molar-refractivity contribution in [1.29, 1.82) is 0 Å². The quantitative estimate of drug-likeness (QED) is 0.643. The average Bonchev–Trinajstić information content (AvgIpc) is 2.78. The summed E-state index contributed by atoms with van der Waals surface area (Å²) in [5.74, 6) is -0.185. The van der Waals surface area contributed by atoms with E-state index in [-0.39, 0.29) is 5.91 Å². The summed E-state index contributed by atoms with van der Waals surface area (Å²) in [7, 11) is 2.18. The Kier molecular flexibility index (Phi) is 6.47. The Labute approximate surface area is 177 Å². The first kappa shape index (κ1) is 20.2. The molecule has 0 aliphatic carbocycles. The van der Waals surface area contributed by atoms with Gasteiger partial charge in [0.15, 0.2) is 0 Å². The van der Waals surface area contributed by atoms with Crippen LogP contribution in [-0.2, 0) is 11.2 Å². The summed E-state index contributed by atoms with van der Waals surface area (Å²) in [5, 5.41) is 2.90. The van der Waals surface area contributed by atoms with Crippen molar-refractivity contribution in [3.63, 3.8) is 0 Å². The molecular weight excluding hydrogens is 374 g/mol. The normalized spacial score (nSPS) is 15.6. The zero-order valence-electron chi connectivity index (χ0n) is 17.3. The minimum Gasteiger partial charge on any atom is -0.323 e. The third-order valence-corrected chi connectivity index (χ3v) is 5.41. The Balaban J connectivity index is 1.28. The van der Waals surface area contributed by atoms with Gasteiger partial charge >= 0.3 is 0 Å². The van der Waals surface area contributed by atoms with E-state index in [0.29, 0.717) is 5.69 Å². The summed E-state index contributed by atoms with van der Waals surface area (Å²) < 4.78 is 0. The van der Waals surface area contributed by atoms with Gasteiger partial charge in [-0.3, -0.25) is 9.78 Å². The van der Waals surface area contributed by atoms with E-state index in [1.807, 2.05) is 36.4 Å². The predicted octanol–water partition coefficient (Wildman–Crippen LogP) is 3.07. The van der Waals surface area contributed by atoms with Crippen LogP contribution in [0.5, 0.6) is 0 Å². The molecule has 1 saturated heterocycles. The molecule has 1 aromatic heterocycles. The zero-order chi connectivity index (χ0) is 20.8. The van der Waals surface area contributed by atoms with Crippen LogP contribution < -0.4 is 5.32 Å². The number of carbonyl (C=O) groups is 1. The maximum Gasteiger partial charge on any atom is 0.248 e. The van der Waals surface area contributed by atoms with Gasteiger partial charge in [-0.2, -0.15) is 0 Å². The number of amides is 1. The summed E-state index contributed by atoms with van der Waals surface area (Å²) in [6, 6.07) is 15.8. The molecular formula is C24H27N5O. The Morgan fingerprint density at radius 3 is 2.53 bits per heavy atom. The van der Waals surface area contributed by atoms with E-state index in [1.54, 1.807) is 12.3 Å². The Morgan fingerprint density at radius 2 is 1.77 bits per heavy atom. The molecule has 30 heavy (non-hydrogen) atoms. The van der Waals surface area contributed by atoms with Gasteiger partial charge in [-0.1, -0.05) is 24.3 Å². The van der Waals surface area contributed by atoms with Gasteiger partial charge in [0.05, 0.1) is 22.9 Å². The Morgan fingerprint density at radius 1 is 1.03 bits per heavy atom. The van der Waals surface area contributed by atoms with Gasteiger partial charge in [0.1, 0.15) is 0 Å². The highest BCUT2D eigenvalue weighted by atomic mass is 16.1. The number of para-hydroxylation sites is 2. The minimum atomic E-state index is -0.185. The summed E-state index contributed by atoms with van der Waals surface area (Å²) in [6.07, 6.45) is 5.86. The van der Waals surface area contributed by atoms with Crippen LogP contribution in [0.15, 0.2) is 60.8 Å². The van der Waals surface area contributed by atoms with Crippen molar-refractivity contribution in [3.05, 3.63) is 72.1 Å². The van der Waals surface area contributed by atoms with Crippen LogP contribution in [0.4, 0.5) is 5.69 Å². The van der Waals surface area contributed by atoms with Gasteiger partial charge in [0.25, 0.3) is 0 Å². The molecule has 2 aromatic carbocycles. The van der Waals surface area contributed by atoms with E-state index in [1.165, 1.54) is 11.6 Å². The lowest BCUT2D eigenvalue weighted by Gasteiger charge is -2.32. The number of aromatic nitrogens is 2. The van der Waals surface area contributed by atoms with Crippen molar-refractivity contribution in [2.75, 3.05) is 45.1 Å². The number of nitrogens with one attached hydrogen (secondary N) is 1. The lowest BCUT2D eigenvalue weighted by Crippen LogP contribution is -2.45. The zero-order valence-corrected chi connectivity index (χ0v) is 17.3. The van der Waals surface area contributed by atoms with Crippen molar-refractivity contribution < 1.29 is 4.79 Å². The van der Waals surface area contributed by atoms with Crippen LogP contribution >= 0.6 is 0 Å². The van der Waals surface area contributed by atoms with E-state index in [9.17, 15) is 4.79 Å². The standard InChI is InChI=1S/C24H27N5O/c1-28-14-16-29(17-15-28)13-12-19-6-8-20(9-7-19)27-24(30)11-10-21-18-25-22-4-2-3-5-23(22)26-21/h2-11,18H,12-17H2,1H3,(H,27,30)/b11-10+. The Bertz CT molecular complexity index is 1020. The summed E-state index contributed by atoms with van der Waals surface area (Å²) in [6.45, 7) is 5.64. The number of rotatable bonds is 6. The fourth-order valence-electron chi connectivity index (χ4n) is 3.51. The van der Waals surface area contributed by atoms with Gasteiger partial charge in [-0.05, 0) is 49.4 Å². The van der Waals surface area contributed by atoms with Crippen molar-refractivity contribution in [2.45, 2.75) is 6.42 Å². The predicted molar refractivity (Wildman–Crippen MR) is 121 cm³/mol. The molecule has 1 aliphatic rings. The molecule has 0 atom stereocenters. The fourth-order valence-corrected chi connectivity index (χ4v) is 3.51. The first-order valence-electron chi connectivity index (χ1n) is 10.4. The number of likely N-dealkylation sites (N-methyl/N-ethyl adjacent to an activating group) is 1. The van der Waals surface area contributed by atoms with E-state index < -0.39 is 0 Å². The molecule has 3 aromatic rings. The van der Waals surface area contributed by atoms with Gasteiger partial charge in [0, 0.05) is 44.5 Å². The maximum atomic E-state index is 12.2. The number of benzene rings is 2. The molecule has 6 heteroatoms. The van der Waals surface area contributed by atoms with Crippen LogP contribution in [0.2, 0.25) is 0 Å². The number of hydrogen-bond donors (Lipinski definition) is 1. The summed E-state index contributed by atoms with van der Waals surface area (Å²) in [5.41, 5.74) is 4.38. The molecule has 1 N–H and O–H groups in total. The second-order valence-electron chi connectivity index (χ2n) is 7.70. The lowest BCUT2D eigenvalue weighted by molar-refractivity contribution is -0.111. The molecule has 0 spiro atoms. The highest BCUT2D eigenvalue weighted by molar-refractivity contribution is 6.01. The molecule has 1 aliphatic heterocycles.